The molecule has 0 saturated carbocycles. The van der Waals surface area contributed by atoms with Gasteiger partial charge in [-0.3, -0.25) is 0 Å². The number of fused-ring (bicyclic) bond motifs is 1. The van der Waals surface area contributed by atoms with E-state index in [1.807, 2.05) is 6.07 Å². The second-order valence-corrected chi connectivity index (χ2v) is 7.46. The Hall–Kier alpha value is -4.19. The summed E-state index contributed by atoms with van der Waals surface area (Å²) >= 11 is 0. The van der Waals surface area contributed by atoms with Crippen LogP contribution in [0.15, 0.2) is 54.6 Å². The summed E-state index contributed by atoms with van der Waals surface area (Å²) in [5.74, 6) is -1.60. The van der Waals surface area contributed by atoms with Gasteiger partial charge < -0.3 is 26.2 Å². The molecular weight excluding hydrogens is 467 g/mol. The van der Waals surface area contributed by atoms with Gasteiger partial charge in [-0.2, -0.15) is 18.2 Å². The number of halogens is 3. The van der Waals surface area contributed by atoms with E-state index in [2.05, 4.69) is 20.2 Å². The maximum absolute atomic E-state index is 13.0. The molecule has 0 spiro atoms. The second kappa shape index (κ2) is 10.8. The van der Waals surface area contributed by atoms with Crippen molar-refractivity contribution in [1.29, 1.82) is 0 Å². The van der Waals surface area contributed by atoms with Gasteiger partial charge in [0.1, 0.15) is 5.82 Å². The Balaban J connectivity index is 0.000000371. The second-order valence-electron chi connectivity index (χ2n) is 7.46. The van der Waals surface area contributed by atoms with E-state index in [0.717, 1.165) is 49.5 Å². The lowest BCUT2D eigenvalue weighted by atomic mass is 10.0. The Kier molecular flexibility index (Phi) is 7.87. The van der Waals surface area contributed by atoms with Crippen LogP contribution < -0.4 is 16.0 Å². The lowest BCUT2D eigenvalue weighted by Crippen LogP contribution is -2.44. The van der Waals surface area contributed by atoms with Crippen LogP contribution in [-0.4, -0.2) is 58.3 Å². The number of hydrogen-bond donors (Lipinski definition) is 4. The highest BCUT2D eigenvalue weighted by Gasteiger charge is 2.30. The standard InChI is InChI=1S/C19H18F3N5.C4H4O4/c20-19(21,22)14-3-1-2-12(10-14)13-4-5-15-16(11-13)25-18(23)26-17(15)27-8-6-24-7-9-27;5-3(6)1-2-4(7)8/h1-5,10-11,24H,6-9H2,(H2,23,25,26);1-2H,(H,5,6)(H,7,8)/b;2-1+. The highest BCUT2D eigenvalue weighted by molar-refractivity contribution is 5.93. The minimum atomic E-state index is -4.38. The van der Waals surface area contributed by atoms with E-state index < -0.39 is 23.7 Å². The molecule has 0 bridgehead atoms. The van der Waals surface area contributed by atoms with Crippen LogP contribution in [0.1, 0.15) is 5.56 Å². The molecule has 0 amide bonds. The van der Waals surface area contributed by atoms with E-state index in [0.29, 0.717) is 28.8 Å². The Bertz CT molecular complexity index is 1240. The predicted molar refractivity (Wildman–Crippen MR) is 124 cm³/mol. The van der Waals surface area contributed by atoms with Crippen LogP contribution >= 0.6 is 0 Å². The van der Waals surface area contributed by atoms with Crippen molar-refractivity contribution < 1.29 is 33.0 Å². The Morgan fingerprint density at radius 1 is 0.971 bits per heavy atom. The van der Waals surface area contributed by atoms with Crippen molar-refractivity contribution in [2.24, 2.45) is 0 Å². The minimum absolute atomic E-state index is 0.150. The molecule has 4 rings (SSSR count). The Morgan fingerprint density at radius 2 is 1.60 bits per heavy atom. The molecule has 12 heteroatoms. The normalized spacial score (nSPS) is 14.0. The van der Waals surface area contributed by atoms with Crippen molar-refractivity contribution in [3.05, 3.63) is 60.2 Å². The molecule has 2 heterocycles. The summed E-state index contributed by atoms with van der Waals surface area (Å²) < 4.78 is 39.0. The molecule has 184 valence electrons. The van der Waals surface area contributed by atoms with Crippen molar-refractivity contribution in [2.45, 2.75) is 6.18 Å². The van der Waals surface area contributed by atoms with E-state index in [4.69, 9.17) is 15.9 Å². The maximum Gasteiger partial charge on any atom is 0.416 e. The predicted octanol–water partition coefficient (Wildman–Crippen LogP) is 3.02. The fourth-order valence-electron chi connectivity index (χ4n) is 3.45. The Labute approximate surface area is 197 Å². The fourth-order valence-corrected chi connectivity index (χ4v) is 3.45. The summed E-state index contributed by atoms with van der Waals surface area (Å²) in [6, 6.07) is 10.7. The molecule has 1 aromatic heterocycles. The van der Waals surface area contributed by atoms with Gasteiger partial charge in [0.15, 0.2) is 0 Å². The summed E-state index contributed by atoms with van der Waals surface area (Å²) in [7, 11) is 0. The van der Waals surface area contributed by atoms with Crippen LogP contribution in [0.3, 0.4) is 0 Å². The average molecular weight is 489 g/mol. The topological polar surface area (TPSA) is 142 Å². The molecule has 1 saturated heterocycles. The van der Waals surface area contributed by atoms with Crippen molar-refractivity contribution >= 4 is 34.6 Å². The van der Waals surface area contributed by atoms with Gasteiger partial charge >= 0.3 is 18.1 Å². The molecule has 3 aromatic rings. The third-order valence-electron chi connectivity index (χ3n) is 5.00. The van der Waals surface area contributed by atoms with E-state index in [-0.39, 0.29) is 5.95 Å². The number of nitrogens with zero attached hydrogens (tertiary/aromatic N) is 3. The first-order valence-electron chi connectivity index (χ1n) is 10.4. The molecule has 35 heavy (non-hydrogen) atoms. The number of hydrogen-bond acceptors (Lipinski definition) is 7. The van der Waals surface area contributed by atoms with Crippen LogP contribution in [0.5, 0.6) is 0 Å². The first kappa shape index (κ1) is 25.4. The van der Waals surface area contributed by atoms with Crippen molar-refractivity contribution in [3.63, 3.8) is 0 Å². The number of nitrogens with one attached hydrogen (secondary N) is 1. The highest BCUT2D eigenvalue weighted by atomic mass is 19.4. The lowest BCUT2D eigenvalue weighted by molar-refractivity contribution is -0.137. The number of nitrogens with two attached hydrogens (primary N) is 1. The third-order valence-corrected chi connectivity index (χ3v) is 5.00. The maximum atomic E-state index is 13.0. The van der Waals surface area contributed by atoms with Crippen molar-refractivity contribution in [2.75, 3.05) is 36.8 Å². The number of carboxylic acid groups (broad SMARTS) is 2. The summed E-state index contributed by atoms with van der Waals surface area (Å²) in [6.45, 7) is 3.32. The molecular formula is C23H22F3N5O4. The largest absolute Gasteiger partial charge is 0.478 e. The fraction of sp³-hybridized carbons (Fsp3) is 0.217. The molecule has 0 atom stereocenters. The smallest absolute Gasteiger partial charge is 0.416 e. The number of rotatable bonds is 4. The van der Waals surface area contributed by atoms with Crippen molar-refractivity contribution in [3.8, 4) is 11.1 Å². The molecule has 9 nitrogen and oxygen atoms in total. The van der Waals surface area contributed by atoms with Crippen LogP contribution in [0.25, 0.3) is 22.0 Å². The zero-order valence-electron chi connectivity index (χ0n) is 18.3. The summed E-state index contributed by atoms with van der Waals surface area (Å²) in [6.07, 6.45) is -3.26. The molecule has 0 radical (unpaired) electrons. The van der Waals surface area contributed by atoms with Gasteiger partial charge in [-0.05, 0) is 35.4 Å². The van der Waals surface area contributed by atoms with Crippen LogP contribution in [0, 0.1) is 0 Å². The number of aliphatic carboxylic acids is 2. The van der Waals surface area contributed by atoms with Crippen LogP contribution in [0.4, 0.5) is 24.9 Å². The van der Waals surface area contributed by atoms with Gasteiger partial charge in [-0.15, -0.1) is 0 Å². The first-order valence-corrected chi connectivity index (χ1v) is 10.4. The van der Waals surface area contributed by atoms with E-state index in [1.165, 1.54) is 6.07 Å². The van der Waals surface area contributed by atoms with Gasteiger partial charge in [-0.25, -0.2) is 14.6 Å². The molecule has 0 aliphatic carbocycles. The summed E-state index contributed by atoms with van der Waals surface area (Å²) in [5, 5.41) is 19.7. The number of carboxylic acids is 2. The zero-order valence-corrected chi connectivity index (χ0v) is 18.3. The highest BCUT2D eigenvalue weighted by Crippen LogP contribution is 2.34. The quantitative estimate of drug-likeness (QED) is 0.407. The number of piperazine rings is 1. The average Bonchev–Trinajstić information content (AvgIpc) is 2.82. The Morgan fingerprint density at radius 3 is 2.20 bits per heavy atom. The van der Waals surface area contributed by atoms with Gasteiger partial charge in [0, 0.05) is 43.7 Å². The third kappa shape index (κ3) is 6.90. The number of anilines is 2. The number of nitrogen functional groups attached to an aromatic ring is 1. The molecule has 2 aromatic carbocycles. The summed E-state index contributed by atoms with van der Waals surface area (Å²) in [4.78, 5) is 29.9. The van der Waals surface area contributed by atoms with Gasteiger partial charge in [0.2, 0.25) is 5.95 Å². The molecule has 1 fully saturated rings. The summed E-state index contributed by atoms with van der Waals surface area (Å²) in [5.41, 5.74) is 6.96. The van der Waals surface area contributed by atoms with E-state index in [1.54, 1.807) is 18.2 Å². The molecule has 0 unspecified atom stereocenters. The van der Waals surface area contributed by atoms with Crippen LogP contribution in [0.2, 0.25) is 0 Å². The number of alkyl halides is 3. The molecule has 1 aliphatic heterocycles. The first-order chi connectivity index (χ1) is 16.5. The SMILES string of the molecule is Nc1nc(N2CCNCC2)c2ccc(-c3cccc(C(F)(F)F)c3)cc2n1.O=C(O)/C=C/C(=O)O. The van der Waals surface area contributed by atoms with Crippen molar-refractivity contribution in [1.82, 2.24) is 15.3 Å². The van der Waals surface area contributed by atoms with Gasteiger partial charge in [0.05, 0.1) is 11.1 Å². The van der Waals surface area contributed by atoms with Gasteiger partial charge in [0.25, 0.3) is 0 Å². The molecule has 1 aliphatic rings. The molecule has 5 N–H and O–H groups in total. The van der Waals surface area contributed by atoms with E-state index >= 15 is 0 Å². The minimum Gasteiger partial charge on any atom is -0.478 e. The zero-order chi connectivity index (χ0) is 25.6. The monoisotopic (exact) mass is 489 g/mol. The van der Waals surface area contributed by atoms with Crippen LogP contribution in [-0.2, 0) is 15.8 Å². The van der Waals surface area contributed by atoms with E-state index in [9.17, 15) is 22.8 Å². The lowest BCUT2D eigenvalue weighted by Gasteiger charge is -2.29. The number of aromatic nitrogens is 2. The van der Waals surface area contributed by atoms with Gasteiger partial charge in [-0.1, -0.05) is 18.2 Å². The number of benzene rings is 2. The number of carbonyl (C=O) groups is 2.